The van der Waals surface area contributed by atoms with Crippen LogP contribution >= 0.6 is 12.2 Å². The topological polar surface area (TPSA) is 32.3 Å². The molecule has 0 atom stereocenters. The molecule has 0 spiro atoms. The first-order valence-corrected chi connectivity index (χ1v) is 3.29. The zero-order chi connectivity index (χ0) is 7.49. The van der Waals surface area contributed by atoms with Gasteiger partial charge in [0.2, 0.25) is 0 Å². The number of hydrogen-bond acceptors (Lipinski definition) is 1. The number of aliphatic hydroxyl groups is 1. The Labute approximate surface area is 61.3 Å². The first-order chi connectivity index (χ1) is 3.92. The van der Waals surface area contributed by atoms with Crippen molar-refractivity contribution >= 4 is 17.4 Å². The maximum absolute atomic E-state index is 8.54. The fraction of sp³-hybridized carbons (Fsp3) is 0.833. The van der Waals surface area contributed by atoms with Gasteiger partial charge in [-0.25, -0.2) is 0 Å². The zero-order valence-corrected chi connectivity index (χ0v) is 6.88. The summed E-state index contributed by atoms with van der Waals surface area (Å²) in [6, 6.07) is 0. The van der Waals surface area contributed by atoms with Gasteiger partial charge in [0.1, 0.15) is 0 Å². The predicted molar refractivity (Wildman–Crippen MR) is 42.7 cm³/mol. The summed E-state index contributed by atoms with van der Waals surface area (Å²) in [6.07, 6.45) is 0. The predicted octanol–water partition coefficient (Wildman–Crippen LogP) is 1.47. The van der Waals surface area contributed by atoms with Crippen LogP contribution < -0.4 is 5.32 Å². The normalized spacial score (nSPS) is 11.0. The largest absolute Gasteiger partial charge is 0.487 e. The van der Waals surface area contributed by atoms with E-state index in [1.807, 2.05) is 0 Å². The van der Waals surface area contributed by atoms with E-state index in [-0.39, 0.29) is 10.6 Å². The summed E-state index contributed by atoms with van der Waals surface area (Å²) in [5.74, 6) is 0. The molecule has 0 rings (SSSR count). The van der Waals surface area contributed by atoms with E-state index in [1.165, 1.54) is 0 Å². The van der Waals surface area contributed by atoms with E-state index < -0.39 is 0 Å². The Morgan fingerprint density at radius 3 is 2.11 bits per heavy atom. The molecule has 0 aliphatic carbocycles. The van der Waals surface area contributed by atoms with Crippen LogP contribution in [0.4, 0.5) is 0 Å². The van der Waals surface area contributed by atoms with Crippen LogP contribution in [0.1, 0.15) is 20.8 Å². The molecule has 0 aromatic heterocycles. The summed E-state index contributed by atoms with van der Waals surface area (Å²) in [4.78, 5) is 0. The highest BCUT2D eigenvalue weighted by Crippen LogP contribution is 2.09. The molecule has 0 aromatic carbocycles. The maximum atomic E-state index is 8.54. The molecule has 0 unspecified atom stereocenters. The van der Waals surface area contributed by atoms with Crippen LogP contribution in [0.15, 0.2) is 0 Å². The van der Waals surface area contributed by atoms with Crippen molar-refractivity contribution < 1.29 is 5.11 Å². The monoisotopic (exact) mass is 147 g/mol. The van der Waals surface area contributed by atoms with Gasteiger partial charge >= 0.3 is 0 Å². The maximum Gasteiger partial charge on any atom is 0.254 e. The third kappa shape index (κ3) is 7.69. The van der Waals surface area contributed by atoms with Gasteiger partial charge in [-0.15, -0.1) is 0 Å². The summed E-state index contributed by atoms with van der Waals surface area (Å²) < 4.78 is 0. The minimum atomic E-state index is -0.120. The Hall–Kier alpha value is -0.310. The van der Waals surface area contributed by atoms with E-state index in [0.717, 1.165) is 0 Å². The molecule has 2 nitrogen and oxygen atoms in total. The third-order valence-corrected chi connectivity index (χ3v) is 0.914. The lowest BCUT2D eigenvalue weighted by molar-refractivity contribution is 0.393. The summed E-state index contributed by atoms with van der Waals surface area (Å²) in [7, 11) is 0. The van der Waals surface area contributed by atoms with Crippen LogP contribution in [-0.2, 0) is 0 Å². The van der Waals surface area contributed by atoms with Gasteiger partial charge in [0, 0.05) is 6.54 Å². The first-order valence-electron chi connectivity index (χ1n) is 2.88. The molecule has 9 heavy (non-hydrogen) atoms. The minimum absolute atomic E-state index is 0.120. The van der Waals surface area contributed by atoms with E-state index in [1.54, 1.807) is 0 Å². The fourth-order valence-electron chi connectivity index (χ4n) is 0.341. The van der Waals surface area contributed by atoms with Gasteiger partial charge < -0.3 is 10.4 Å². The highest BCUT2D eigenvalue weighted by Gasteiger charge is 2.08. The Morgan fingerprint density at radius 2 is 2.00 bits per heavy atom. The van der Waals surface area contributed by atoms with Gasteiger partial charge in [-0.2, -0.15) is 0 Å². The van der Waals surface area contributed by atoms with Crippen molar-refractivity contribution in [2.45, 2.75) is 20.8 Å². The quantitative estimate of drug-likeness (QED) is 0.551. The fourth-order valence-corrected chi connectivity index (χ4v) is 0.413. The van der Waals surface area contributed by atoms with Crippen molar-refractivity contribution in [3.63, 3.8) is 0 Å². The molecule has 0 heterocycles. The minimum Gasteiger partial charge on any atom is -0.487 e. The Kier molecular flexibility index (Phi) is 2.91. The second-order valence-corrected chi connectivity index (χ2v) is 3.61. The van der Waals surface area contributed by atoms with E-state index in [4.69, 9.17) is 5.11 Å². The molecule has 0 aromatic rings. The second-order valence-electron chi connectivity index (χ2n) is 3.22. The number of rotatable bonds is 1. The van der Waals surface area contributed by atoms with Crippen LogP contribution in [0.2, 0.25) is 0 Å². The van der Waals surface area contributed by atoms with E-state index in [0.29, 0.717) is 6.54 Å². The van der Waals surface area contributed by atoms with Gasteiger partial charge in [0.05, 0.1) is 0 Å². The summed E-state index contributed by atoms with van der Waals surface area (Å²) in [6.45, 7) is 6.91. The van der Waals surface area contributed by atoms with Crippen molar-refractivity contribution in [1.29, 1.82) is 0 Å². The number of hydrogen-bond donors (Lipinski definition) is 2. The lowest BCUT2D eigenvalue weighted by Gasteiger charge is -2.17. The first kappa shape index (κ1) is 8.69. The van der Waals surface area contributed by atoms with E-state index >= 15 is 0 Å². The third-order valence-electron chi connectivity index (χ3n) is 0.770. The summed E-state index contributed by atoms with van der Waals surface area (Å²) in [5, 5.41) is 11.1. The Balaban J connectivity index is 3.39. The molecule has 3 heteroatoms. The van der Waals surface area contributed by atoms with Gasteiger partial charge in [0.25, 0.3) is 5.17 Å². The highest BCUT2D eigenvalue weighted by atomic mass is 32.1. The van der Waals surface area contributed by atoms with E-state index in [2.05, 4.69) is 38.3 Å². The van der Waals surface area contributed by atoms with Crippen LogP contribution in [0.3, 0.4) is 0 Å². The molecule has 54 valence electrons. The van der Waals surface area contributed by atoms with Crippen LogP contribution in [-0.4, -0.2) is 16.8 Å². The number of thiocarbonyl (C=S) groups is 1. The highest BCUT2D eigenvalue weighted by molar-refractivity contribution is 7.79. The van der Waals surface area contributed by atoms with Gasteiger partial charge in [-0.05, 0) is 17.6 Å². The van der Waals surface area contributed by atoms with E-state index in [9.17, 15) is 0 Å². The molecule has 0 saturated carbocycles. The number of nitrogens with one attached hydrogen (secondary N) is 1. The molecular formula is C6H13NOS. The van der Waals surface area contributed by atoms with Crippen LogP contribution in [0.25, 0.3) is 0 Å². The molecule has 0 radical (unpaired) electrons. The van der Waals surface area contributed by atoms with Crippen molar-refractivity contribution in [2.24, 2.45) is 5.41 Å². The molecule has 0 fully saturated rings. The molecule has 0 bridgehead atoms. The lowest BCUT2D eigenvalue weighted by atomic mass is 9.97. The van der Waals surface area contributed by atoms with Crippen LogP contribution in [0, 0.1) is 5.41 Å². The molecule has 0 aliphatic rings. The summed E-state index contributed by atoms with van der Waals surface area (Å²) >= 11 is 4.41. The molecule has 0 aliphatic heterocycles. The van der Waals surface area contributed by atoms with Gasteiger partial charge in [-0.1, -0.05) is 20.8 Å². The molecule has 2 N–H and O–H groups in total. The van der Waals surface area contributed by atoms with Crippen molar-refractivity contribution in [3.05, 3.63) is 0 Å². The SMILES string of the molecule is CC(C)(C)CNC(O)=S. The van der Waals surface area contributed by atoms with Crippen LogP contribution in [0.5, 0.6) is 0 Å². The molecular weight excluding hydrogens is 134 g/mol. The average Bonchev–Trinajstić information content (AvgIpc) is 1.59. The Bertz CT molecular complexity index is 106. The lowest BCUT2D eigenvalue weighted by Crippen LogP contribution is -2.30. The molecule has 0 amide bonds. The zero-order valence-electron chi connectivity index (χ0n) is 6.06. The second kappa shape index (κ2) is 3.01. The number of aliphatic hydroxyl groups excluding tert-OH is 1. The standard InChI is InChI=1S/C6H13NOS/c1-6(2,3)4-7-5(8)9/h4H2,1-3H3,(H2,7,8,9). The van der Waals surface area contributed by atoms with Gasteiger partial charge in [0.15, 0.2) is 0 Å². The molecule has 0 saturated heterocycles. The average molecular weight is 147 g/mol. The smallest absolute Gasteiger partial charge is 0.254 e. The van der Waals surface area contributed by atoms with Gasteiger partial charge in [-0.3, -0.25) is 0 Å². The van der Waals surface area contributed by atoms with Crippen molar-refractivity contribution in [1.82, 2.24) is 5.32 Å². The van der Waals surface area contributed by atoms with Crippen molar-refractivity contribution in [2.75, 3.05) is 6.54 Å². The van der Waals surface area contributed by atoms with Crippen molar-refractivity contribution in [3.8, 4) is 0 Å². The summed E-state index contributed by atoms with van der Waals surface area (Å²) in [5.41, 5.74) is 0.173. The Morgan fingerprint density at radius 1 is 1.56 bits per heavy atom.